The Bertz CT molecular complexity index is 450. The van der Waals surface area contributed by atoms with Gasteiger partial charge in [0.2, 0.25) is 5.91 Å². The highest BCUT2D eigenvalue weighted by Crippen LogP contribution is 2.17. The highest BCUT2D eigenvalue weighted by Gasteiger charge is 2.24. The Balaban J connectivity index is 0.000000902. The molecule has 1 aromatic rings. The molecule has 2 aliphatic rings. The number of carbonyl (C=O) groups excluding carboxylic acids is 1. The molecule has 0 aromatic heterocycles. The number of benzene rings is 1. The standard InChI is InChI=1S/C13H17N3O.2ClH/c17-13(12-7-15-8-12)16-4-9-1-2-10-5-14-6-11(10)3-9;;/h1-3,12,14-15H,4-8H2,(H,16,17);2*1H. The van der Waals surface area contributed by atoms with Crippen LogP contribution in [0.3, 0.4) is 0 Å². The van der Waals surface area contributed by atoms with Gasteiger partial charge in [0.05, 0.1) is 5.92 Å². The molecule has 0 unspecified atom stereocenters. The minimum absolute atomic E-state index is 0. The Morgan fingerprint density at radius 1 is 1.16 bits per heavy atom. The smallest absolute Gasteiger partial charge is 0.225 e. The summed E-state index contributed by atoms with van der Waals surface area (Å²) < 4.78 is 0. The zero-order chi connectivity index (χ0) is 11.7. The van der Waals surface area contributed by atoms with E-state index in [0.717, 1.165) is 26.2 Å². The molecule has 2 heterocycles. The Morgan fingerprint density at radius 3 is 2.58 bits per heavy atom. The summed E-state index contributed by atoms with van der Waals surface area (Å²) in [7, 11) is 0. The lowest BCUT2D eigenvalue weighted by Gasteiger charge is -2.25. The minimum Gasteiger partial charge on any atom is -0.352 e. The van der Waals surface area contributed by atoms with Crippen molar-refractivity contribution < 1.29 is 4.79 Å². The van der Waals surface area contributed by atoms with Crippen LogP contribution in [0.5, 0.6) is 0 Å². The summed E-state index contributed by atoms with van der Waals surface area (Å²) in [5.41, 5.74) is 3.93. The van der Waals surface area contributed by atoms with Gasteiger partial charge in [0.15, 0.2) is 0 Å². The van der Waals surface area contributed by atoms with Gasteiger partial charge in [-0.1, -0.05) is 18.2 Å². The first kappa shape index (κ1) is 16.2. The van der Waals surface area contributed by atoms with Gasteiger partial charge in [0.25, 0.3) is 0 Å². The monoisotopic (exact) mass is 303 g/mol. The molecule has 1 fully saturated rings. The van der Waals surface area contributed by atoms with Crippen LogP contribution in [0, 0.1) is 5.92 Å². The number of nitrogens with one attached hydrogen (secondary N) is 3. The van der Waals surface area contributed by atoms with Crippen LogP contribution < -0.4 is 16.0 Å². The van der Waals surface area contributed by atoms with E-state index >= 15 is 0 Å². The van der Waals surface area contributed by atoms with E-state index in [9.17, 15) is 4.79 Å². The van der Waals surface area contributed by atoms with Crippen LogP contribution in [0.15, 0.2) is 18.2 Å². The van der Waals surface area contributed by atoms with E-state index in [1.54, 1.807) is 0 Å². The zero-order valence-electron chi connectivity index (χ0n) is 10.6. The van der Waals surface area contributed by atoms with E-state index in [2.05, 4.69) is 34.1 Å². The number of fused-ring (bicyclic) bond motifs is 1. The molecule has 6 heteroatoms. The third kappa shape index (κ3) is 3.60. The third-order valence-corrected chi connectivity index (χ3v) is 3.52. The van der Waals surface area contributed by atoms with Crippen LogP contribution in [0.25, 0.3) is 0 Å². The lowest BCUT2D eigenvalue weighted by molar-refractivity contribution is -0.126. The molecule has 1 aromatic carbocycles. The van der Waals surface area contributed by atoms with Gasteiger partial charge in [-0.25, -0.2) is 0 Å². The molecule has 4 nitrogen and oxygen atoms in total. The molecule has 19 heavy (non-hydrogen) atoms. The second-order valence-electron chi connectivity index (χ2n) is 4.78. The molecule has 1 amide bonds. The summed E-state index contributed by atoms with van der Waals surface area (Å²) in [6, 6.07) is 6.45. The Hall–Kier alpha value is -0.810. The summed E-state index contributed by atoms with van der Waals surface area (Å²) in [6.45, 7) is 4.20. The van der Waals surface area contributed by atoms with Gasteiger partial charge < -0.3 is 16.0 Å². The zero-order valence-corrected chi connectivity index (χ0v) is 12.2. The van der Waals surface area contributed by atoms with Gasteiger partial charge in [-0.05, 0) is 16.7 Å². The van der Waals surface area contributed by atoms with Crippen molar-refractivity contribution >= 4 is 30.7 Å². The molecule has 0 bridgehead atoms. The van der Waals surface area contributed by atoms with Crippen LogP contribution >= 0.6 is 24.8 Å². The van der Waals surface area contributed by atoms with Gasteiger partial charge in [-0.15, -0.1) is 24.8 Å². The lowest BCUT2D eigenvalue weighted by atomic mass is 10.0. The van der Waals surface area contributed by atoms with Crippen molar-refractivity contribution in [2.45, 2.75) is 19.6 Å². The average molecular weight is 304 g/mol. The van der Waals surface area contributed by atoms with Crippen LogP contribution in [0.1, 0.15) is 16.7 Å². The first-order chi connectivity index (χ1) is 8.33. The molecule has 0 radical (unpaired) electrons. The predicted molar refractivity (Wildman–Crippen MR) is 79.7 cm³/mol. The number of rotatable bonds is 3. The summed E-state index contributed by atoms with van der Waals surface area (Å²) >= 11 is 0. The first-order valence-corrected chi connectivity index (χ1v) is 6.13. The second kappa shape index (κ2) is 7.10. The largest absolute Gasteiger partial charge is 0.352 e. The van der Waals surface area contributed by atoms with Crippen LogP contribution in [-0.2, 0) is 24.4 Å². The SMILES string of the molecule is Cl.Cl.O=C(NCc1ccc2c(c1)CNC2)C1CNC1. The highest BCUT2D eigenvalue weighted by molar-refractivity contribution is 5.85. The molecule has 2 aliphatic heterocycles. The summed E-state index contributed by atoms with van der Waals surface area (Å²) in [5, 5.41) is 9.42. The van der Waals surface area contributed by atoms with E-state index in [1.165, 1.54) is 16.7 Å². The maximum Gasteiger partial charge on any atom is 0.225 e. The number of hydrogen-bond donors (Lipinski definition) is 3. The molecule has 3 rings (SSSR count). The van der Waals surface area contributed by atoms with Gasteiger partial charge in [0.1, 0.15) is 0 Å². The van der Waals surface area contributed by atoms with Crippen molar-refractivity contribution in [2.75, 3.05) is 13.1 Å². The van der Waals surface area contributed by atoms with E-state index in [-0.39, 0.29) is 36.6 Å². The average Bonchev–Trinajstić information content (AvgIpc) is 2.71. The number of amides is 1. The molecule has 3 N–H and O–H groups in total. The van der Waals surface area contributed by atoms with Crippen molar-refractivity contribution in [1.82, 2.24) is 16.0 Å². The van der Waals surface area contributed by atoms with Crippen molar-refractivity contribution in [1.29, 1.82) is 0 Å². The summed E-state index contributed by atoms with van der Waals surface area (Å²) in [6.07, 6.45) is 0. The lowest BCUT2D eigenvalue weighted by Crippen LogP contribution is -2.50. The van der Waals surface area contributed by atoms with Crippen molar-refractivity contribution in [3.05, 3.63) is 34.9 Å². The Morgan fingerprint density at radius 2 is 1.89 bits per heavy atom. The quantitative estimate of drug-likeness (QED) is 0.780. The van der Waals surface area contributed by atoms with Gasteiger partial charge in [0, 0.05) is 32.7 Å². The topological polar surface area (TPSA) is 53.2 Å². The molecule has 1 saturated heterocycles. The Labute approximate surface area is 125 Å². The molecule has 0 saturated carbocycles. The summed E-state index contributed by atoms with van der Waals surface area (Å²) in [4.78, 5) is 11.7. The maximum atomic E-state index is 11.7. The fourth-order valence-corrected chi connectivity index (χ4v) is 2.27. The molecular weight excluding hydrogens is 285 g/mol. The number of halogens is 2. The molecule has 0 atom stereocenters. The minimum atomic E-state index is 0. The number of carbonyl (C=O) groups is 1. The predicted octanol–water partition coefficient (Wildman–Crippen LogP) is 0.969. The fraction of sp³-hybridized carbons (Fsp3) is 0.462. The van der Waals surface area contributed by atoms with Gasteiger partial charge >= 0.3 is 0 Å². The van der Waals surface area contributed by atoms with Crippen LogP contribution in [-0.4, -0.2) is 19.0 Å². The first-order valence-electron chi connectivity index (χ1n) is 6.13. The molecular formula is C13H19Cl2N3O. The maximum absolute atomic E-state index is 11.7. The van der Waals surface area contributed by atoms with Gasteiger partial charge in [-0.3, -0.25) is 4.79 Å². The van der Waals surface area contributed by atoms with Crippen LogP contribution in [0.2, 0.25) is 0 Å². The normalized spacial score (nSPS) is 16.6. The number of hydrogen-bond acceptors (Lipinski definition) is 3. The Kier molecular flexibility index (Phi) is 6.07. The van der Waals surface area contributed by atoms with Crippen LogP contribution in [0.4, 0.5) is 0 Å². The second-order valence-corrected chi connectivity index (χ2v) is 4.78. The fourth-order valence-electron chi connectivity index (χ4n) is 2.27. The van der Waals surface area contributed by atoms with Crippen molar-refractivity contribution in [3.63, 3.8) is 0 Å². The van der Waals surface area contributed by atoms with E-state index in [4.69, 9.17) is 0 Å². The van der Waals surface area contributed by atoms with E-state index in [0.29, 0.717) is 6.54 Å². The molecule has 0 spiro atoms. The molecule has 0 aliphatic carbocycles. The van der Waals surface area contributed by atoms with Gasteiger partial charge in [-0.2, -0.15) is 0 Å². The highest BCUT2D eigenvalue weighted by atomic mass is 35.5. The molecule has 106 valence electrons. The third-order valence-electron chi connectivity index (χ3n) is 3.52. The van der Waals surface area contributed by atoms with E-state index < -0.39 is 0 Å². The summed E-state index contributed by atoms with van der Waals surface area (Å²) in [5.74, 6) is 0.341. The van der Waals surface area contributed by atoms with E-state index in [1.807, 2.05) is 0 Å². The van der Waals surface area contributed by atoms with Crippen molar-refractivity contribution in [2.24, 2.45) is 5.92 Å². The van der Waals surface area contributed by atoms with Crippen molar-refractivity contribution in [3.8, 4) is 0 Å².